The Morgan fingerprint density at radius 3 is 2.47 bits per heavy atom. The van der Waals surface area contributed by atoms with E-state index < -0.39 is 6.04 Å². The van der Waals surface area contributed by atoms with Gasteiger partial charge in [-0.05, 0) is 73.8 Å². The Labute approximate surface area is 219 Å². The van der Waals surface area contributed by atoms with Crippen molar-refractivity contribution in [1.29, 1.82) is 0 Å². The van der Waals surface area contributed by atoms with Gasteiger partial charge >= 0.3 is 0 Å². The summed E-state index contributed by atoms with van der Waals surface area (Å²) in [5.41, 5.74) is 1.70. The fourth-order valence-corrected chi connectivity index (χ4v) is 5.55. The molecule has 36 heavy (non-hydrogen) atoms. The Morgan fingerprint density at radius 2 is 1.78 bits per heavy atom. The average Bonchev–Trinajstić information content (AvgIpc) is 2.89. The summed E-state index contributed by atoms with van der Waals surface area (Å²) in [7, 11) is 1.59. The third-order valence-electron chi connectivity index (χ3n) is 7.43. The van der Waals surface area contributed by atoms with Crippen molar-refractivity contribution in [3.8, 4) is 11.5 Å². The zero-order chi connectivity index (χ0) is 25.7. The highest BCUT2D eigenvalue weighted by Gasteiger charge is 2.43. The van der Waals surface area contributed by atoms with Crippen molar-refractivity contribution in [2.45, 2.75) is 64.5 Å². The number of hydrogen-bond donors (Lipinski definition) is 0. The van der Waals surface area contributed by atoms with Gasteiger partial charge in [0.1, 0.15) is 12.6 Å². The van der Waals surface area contributed by atoms with Gasteiger partial charge in [-0.2, -0.15) is 0 Å². The minimum absolute atomic E-state index is 0.0161. The Kier molecular flexibility index (Phi) is 8.78. The zero-order valence-electron chi connectivity index (χ0n) is 21.5. The van der Waals surface area contributed by atoms with E-state index in [2.05, 4.69) is 6.92 Å². The van der Waals surface area contributed by atoms with Crippen molar-refractivity contribution in [2.24, 2.45) is 5.92 Å². The summed E-state index contributed by atoms with van der Waals surface area (Å²) in [6.07, 6.45) is 5.51. The number of halogens is 1. The largest absolute Gasteiger partial charge is 0.493 e. The van der Waals surface area contributed by atoms with Crippen molar-refractivity contribution >= 4 is 23.4 Å². The molecule has 0 bridgehead atoms. The minimum atomic E-state index is -0.706. The first kappa shape index (κ1) is 26.3. The number of rotatable bonds is 9. The van der Waals surface area contributed by atoms with E-state index in [0.29, 0.717) is 42.0 Å². The molecule has 6 nitrogen and oxygen atoms in total. The van der Waals surface area contributed by atoms with Gasteiger partial charge in [-0.25, -0.2) is 0 Å². The molecule has 2 aliphatic rings. The third kappa shape index (κ3) is 5.80. The van der Waals surface area contributed by atoms with E-state index in [0.717, 1.165) is 43.2 Å². The topological polar surface area (TPSA) is 59.1 Å². The molecule has 2 aromatic rings. The van der Waals surface area contributed by atoms with Crippen LogP contribution >= 0.6 is 11.6 Å². The highest BCUT2D eigenvalue weighted by molar-refractivity contribution is 6.31. The molecule has 194 valence electrons. The van der Waals surface area contributed by atoms with Crippen LogP contribution in [0.5, 0.6) is 11.5 Å². The summed E-state index contributed by atoms with van der Waals surface area (Å²) in [6, 6.07) is 12.6. The molecule has 1 heterocycles. The van der Waals surface area contributed by atoms with Gasteiger partial charge in [0.2, 0.25) is 5.91 Å². The highest BCUT2D eigenvalue weighted by Crippen LogP contribution is 2.37. The second-order valence-electron chi connectivity index (χ2n) is 9.97. The van der Waals surface area contributed by atoms with Gasteiger partial charge < -0.3 is 19.3 Å². The molecule has 0 spiro atoms. The summed E-state index contributed by atoms with van der Waals surface area (Å²) in [6.45, 7) is 5.42. The number of nitrogens with zero attached hydrogens (tertiary/aromatic N) is 2. The Bertz CT molecular complexity index is 1070. The molecule has 2 aromatic carbocycles. The average molecular weight is 513 g/mol. The van der Waals surface area contributed by atoms with Gasteiger partial charge in [-0.1, -0.05) is 49.7 Å². The lowest BCUT2D eigenvalue weighted by Crippen LogP contribution is -2.59. The summed E-state index contributed by atoms with van der Waals surface area (Å²) < 4.78 is 11.4. The number of ether oxygens (including phenoxy) is 2. The van der Waals surface area contributed by atoms with Crippen LogP contribution in [-0.4, -0.2) is 54.5 Å². The first-order valence-electron chi connectivity index (χ1n) is 13.1. The van der Waals surface area contributed by atoms with E-state index in [1.807, 2.05) is 54.3 Å². The lowest BCUT2D eigenvalue weighted by Gasteiger charge is -2.45. The number of hydrogen-bond acceptors (Lipinski definition) is 4. The lowest BCUT2D eigenvalue weighted by molar-refractivity contribution is -0.159. The molecule has 0 aromatic heterocycles. The highest BCUT2D eigenvalue weighted by atomic mass is 35.5. The molecular formula is C29H37ClN2O4. The summed E-state index contributed by atoms with van der Waals surface area (Å²) in [5, 5.41) is 0.668. The van der Waals surface area contributed by atoms with Crippen LogP contribution in [0, 0.1) is 5.92 Å². The molecule has 4 rings (SSSR count). The molecule has 7 heteroatoms. The Morgan fingerprint density at radius 1 is 1.03 bits per heavy atom. The van der Waals surface area contributed by atoms with Crippen LogP contribution in [-0.2, 0) is 16.0 Å². The Hall–Kier alpha value is -2.73. The van der Waals surface area contributed by atoms with Gasteiger partial charge in [-0.15, -0.1) is 0 Å². The zero-order valence-corrected chi connectivity index (χ0v) is 22.3. The predicted octanol–water partition coefficient (Wildman–Crippen LogP) is 5.67. The molecule has 1 atom stereocenters. The Balaban J connectivity index is 1.65. The van der Waals surface area contributed by atoms with Gasteiger partial charge in [0.15, 0.2) is 11.5 Å². The van der Waals surface area contributed by atoms with Crippen LogP contribution in [0.3, 0.4) is 0 Å². The number of methoxy groups -OCH3 is 1. The van der Waals surface area contributed by atoms with Crippen molar-refractivity contribution in [3.63, 3.8) is 0 Å². The van der Waals surface area contributed by atoms with Gasteiger partial charge in [0.05, 0.1) is 13.7 Å². The van der Waals surface area contributed by atoms with Crippen molar-refractivity contribution < 1.29 is 19.1 Å². The minimum Gasteiger partial charge on any atom is -0.493 e. The van der Waals surface area contributed by atoms with E-state index in [-0.39, 0.29) is 24.4 Å². The predicted molar refractivity (Wildman–Crippen MR) is 142 cm³/mol. The fourth-order valence-electron chi connectivity index (χ4n) is 5.32. The maximum absolute atomic E-state index is 14.0. The monoisotopic (exact) mass is 512 g/mol. The van der Waals surface area contributed by atoms with Gasteiger partial charge in [0.25, 0.3) is 5.91 Å². The van der Waals surface area contributed by atoms with Crippen molar-refractivity contribution in [3.05, 3.63) is 58.6 Å². The van der Waals surface area contributed by atoms with E-state index in [4.69, 9.17) is 21.1 Å². The number of carbonyl (C=O) groups excluding carboxylic acids is 2. The number of benzene rings is 2. The van der Waals surface area contributed by atoms with Gasteiger partial charge in [-0.3, -0.25) is 9.59 Å². The molecule has 1 aliphatic heterocycles. The second-order valence-corrected chi connectivity index (χ2v) is 10.4. The second kappa shape index (κ2) is 12.0. The molecule has 2 fully saturated rings. The SMILES string of the molecule is CCCOc1ccc(C2C(=O)N(C3CCC(C)CC3)CC(=O)N2CCc2ccccc2Cl)cc1OC. The summed E-state index contributed by atoms with van der Waals surface area (Å²) in [5.74, 6) is 1.82. The number of carbonyl (C=O) groups is 2. The summed E-state index contributed by atoms with van der Waals surface area (Å²) >= 11 is 6.39. The molecule has 1 saturated carbocycles. The van der Waals surface area contributed by atoms with Crippen LogP contribution < -0.4 is 9.47 Å². The van der Waals surface area contributed by atoms with Crippen LogP contribution in [0.4, 0.5) is 0 Å². The molecular weight excluding hydrogens is 476 g/mol. The van der Waals surface area contributed by atoms with E-state index in [9.17, 15) is 9.59 Å². The quantitative estimate of drug-likeness (QED) is 0.434. The molecule has 0 radical (unpaired) electrons. The van der Waals surface area contributed by atoms with Crippen LogP contribution in [0.25, 0.3) is 0 Å². The maximum atomic E-state index is 14.0. The smallest absolute Gasteiger partial charge is 0.250 e. The van der Waals surface area contributed by atoms with E-state index in [1.54, 1.807) is 12.0 Å². The molecule has 1 saturated heterocycles. The van der Waals surface area contributed by atoms with Crippen LogP contribution in [0.2, 0.25) is 5.02 Å². The number of amides is 2. The summed E-state index contributed by atoms with van der Waals surface area (Å²) in [4.78, 5) is 31.1. The number of piperazine rings is 1. The molecule has 1 unspecified atom stereocenters. The molecule has 1 aliphatic carbocycles. The van der Waals surface area contributed by atoms with Crippen LogP contribution in [0.15, 0.2) is 42.5 Å². The van der Waals surface area contributed by atoms with E-state index >= 15 is 0 Å². The maximum Gasteiger partial charge on any atom is 0.250 e. The normalized spacial score (nSPS) is 22.6. The fraction of sp³-hybridized carbons (Fsp3) is 0.517. The third-order valence-corrected chi connectivity index (χ3v) is 7.79. The van der Waals surface area contributed by atoms with E-state index in [1.165, 1.54) is 0 Å². The molecule has 2 amide bonds. The van der Waals surface area contributed by atoms with Gasteiger partial charge in [0, 0.05) is 17.6 Å². The van der Waals surface area contributed by atoms with Crippen molar-refractivity contribution in [1.82, 2.24) is 9.80 Å². The molecule has 0 N–H and O–H groups in total. The van der Waals surface area contributed by atoms with Crippen molar-refractivity contribution in [2.75, 3.05) is 26.8 Å². The first-order valence-corrected chi connectivity index (χ1v) is 13.4. The lowest BCUT2D eigenvalue weighted by atomic mass is 9.85. The van der Waals surface area contributed by atoms with Crippen LogP contribution in [0.1, 0.15) is 63.1 Å². The first-order chi connectivity index (χ1) is 17.4. The standard InChI is InChI=1S/C29H37ClN2O4/c1-4-17-36-25-14-11-22(18-26(25)35-3)28-29(34)32(23-12-9-20(2)10-13-23)19-27(33)31(28)16-15-21-7-5-6-8-24(21)30/h5-8,11,14,18,20,23,28H,4,9-10,12-13,15-17,19H2,1-3H3.